The van der Waals surface area contributed by atoms with Gasteiger partial charge in [-0.15, -0.1) is 0 Å². The number of methoxy groups -OCH3 is 1. The van der Waals surface area contributed by atoms with Crippen LogP contribution in [0.1, 0.15) is 10.4 Å². The van der Waals surface area contributed by atoms with E-state index < -0.39 is 5.97 Å². The number of aliphatic imine (C=N–C) groups is 1. The molecule has 0 N–H and O–H groups in total. The SMILES string of the molecule is COc1cccc(C2=N/C(=C/c3sc(N(C)C)nc3Cl)C(=O)O2)c1. The van der Waals surface area contributed by atoms with Gasteiger partial charge in [0.2, 0.25) is 5.90 Å². The molecule has 0 spiro atoms. The van der Waals surface area contributed by atoms with Crippen molar-refractivity contribution in [1.29, 1.82) is 0 Å². The maximum Gasteiger partial charge on any atom is 0.363 e. The molecule has 0 amide bonds. The van der Waals surface area contributed by atoms with Gasteiger partial charge >= 0.3 is 5.97 Å². The number of rotatable bonds is 4. The minimum atomic E-state index is -0.524. The van der Waals surface area contributed by atoms with Crippen molar-refractivity contribution in [2.75, 3.05) is 26.1 Å². The number of halogens is 1. The second kappa shape index (κ2) is 6.62. The van der Waals surface area contributed by atoms with E-state index in [9.17, 15) is 4.79 Å². The molecule has 2 heterocycles. The zero-order valence-electron chi connectivity index (χ0n) is 13.2. The summed E-state index contributed by atoms with van der Waals surface area (Å²) in [6.07, 6.45) is 1.59. The molecule has 1 aliphatic heterocycles. The first-order valence-electron chi connectivity index (χ1n) is 6.98. The zero-order valence-corrected chi connectivity index (χ0v) is 14.8. The maximum absolute atomic E-state index is 12.1. The number of ether oxygens (including phenoxy) is 2. The molecule has 0 radical (unpaired) electrons. The number of thiazole rings is 1. The molecule has 0 saturated carbocycles. The van der Waals surface area contributed by atoms with Crippen molar-refractivity contribution < 1.29 is 14.3 Å². The molecule has 3 rings (SSSR count). The normalized spacial score (nSPS) is 15.4. The molecule has 0 fully saturated rings. The van der Waals surface area contributed by atoms with Crippen LogP contribution in [0, 0.1) is 0 Å². The average molecular weight is 364 g/mol. The van der Waals surface area contributed by atoms with Gasteiger partial charge in [-0.25, -0.2) is 14.8 Å². The van der Waals surface area contributed by atoms with E-state index in [1.165, 1.54) is 11.3 Å². The average Bonchev–Trinajstić information content (AvgIpc) is 3.12. The Morgan fingerprint density at radius 2 is 2.17 bits per heavy atom. The smallest absolute Gasteiger partial charge is 0.363 e. The van der Waals surface area contributed by atoms with Crippen LogP contribution in [0.3, 0.4) is 0 Å². The largest absolute Gasteiger partial charge is 0.497 e. The summed E-state index contributed by atoms with van der Waals surface area (Å²) in [7, 11) is 5.31. The first-order chi connectivity index (χ1) is 11.5. The molecule has 1 aromatic heterocycles. The van der Waals surface area contributed by atoms with Crippen LogP contribution in [0.5, 0.6) is 5.75 Å². The Morgan fingerprint density at radius 3 is 2.83 bits per heavy atom. The van der Waals surface area contributed by atoms with Gasteiger partial charge in [0.05, 0.1) is 12.0 Å². The standard InChI is InChI=1S/C16H14ClN3O3S/c1-20(2)16-19-13(17)12(24-16)8-11-15(21)23-14(18-11)9-5-4-6-10(7-9)22-3/h4-8H,1-3H3/b11-8+. The van der Waals surface area contributed by atoms with E-state index in [1.54, 1.807) is 37.5 Å². The topological polar surface area (TPSA) is 64.0 Å². The van der Waals surface area contributed by atoms with E-state index in [-0.39, 0.29) is 11.6 Å². The third-order valence-electron chi connectivity index (χ3n) is 3.19. The van der Waals surface area contributed by atoms with Gasteiger partial charge in [-0.05, 0) is 24.3 Å². The van der Waals surface area contributed by atoms with Crippen molar-refractivity contribution in [3.63, 3.8) is 0 Å². The van der Waals surface area contributed by atoms with E-state index in [1.807, 2.05) is 19.0 Å². The van der Waals surface area contributed by atoms with Crippen molar-refractivity contribution in [2.45, 2.75) is 0 Å². The Kier molecular flexibility index (Phi) is 4.55. The highest BCUT2D eigenvalue weighted by molar-refractivity contribution is 7.17. The number of carbonyl (C=O) groups excluding carboxylic acids is 1. The Balaban J connectivity index is 1.94. The third kappa shape index (κ3) is 3.27. The Bertz CT molecular complexity index is 858. The van der Waals surface area contributed by atoms with E-state index >= 15 is 0 Å². The summed E-state index contributed by atoms with van der Waals surface area (Å²) in [5, 5.41) is 1.07. The van der Waals surface area contributed by atoms with Crippen molar-refractivity contribution in [2.24, 2.45) is 4.99 Å². The fourth-order valence-corrected chi connectivity index (χ4v) is 3.11. The Morgan fingerprint density at radius 1 is 1.38 bits per heavy atom. The number of cyclic esters (lactones) is 1. The monoisotopic (exact) mass is 363 g/mol. The molecular formula is C16H14ClN3O3S. The molecule has 0 aliphatic carbocycles. The lowest BCUT2D eigenvalue weighted by Crippen LogP contribution is -2.07. The third-order valence-corrected chi connectivity index (χ3v) is 4.76. The number of hydrogen-bond acceptors (Lipinski definition) is 7. The van der Waals surface area contributed by atoms with Gasteiger partial charge in [-0.2, -0.15) is 0 Å². The summed E-state index contributed by atoms with van der Waals surface area (Å²) in [6.45, 7) is 0. The van der Waals surface area contributed by atoms with E-state index in [4.69, 9.17) is 21.1 Å². The van der Waals surface area contributed by atoms with Crippen LogP contribution in [0.4, 0.5) is 5.13 Å². The molecule has 24 heavy (non-hydrogen) atoms. The Labute approximate surface area is 148 Å². The molecule has 0 saturated heterocycles. The van der Waals surface area contributed by atoms with Crippen LogP contribution in [-0.4, -0.2) is 38.1 Å². The lowest BCUT2D eigenvalue weighted by Gasteiger charge is -2.04. The fraction of sp³-hybridized carbons (Fsp3) is 0.188. The molecule has 1 aromatic carbocycles. The van der Waals surface area contributed by atoms with Gasteiger partial charge in [0.1, 0.15) is 10.9 Å². The highest BCUT2D eigenvalue weighted by atomic mass is 35.5. The minimum absolute atomic E-state index is 0.184. The summed E-state index contributed by atoms with van der Waals surface area (Å²) >= 11 is 7.49. The zero-order chi connectivity index (χ0) is 17.3. The molecule has 0 unspecified atom stereocenters. The molecule has 6 nitrogen and oxygen atoms in total. The summed E-state index contributed by atoms with van der Waals surface area (Å²) < 4.78 is 10.4. The lowest BCUT2D eigenvalue weighted by molar-refractivity contribution is -0.129. The predicted octanol–water partition coefficient (Wildman–Crippen LogP) is 3.22. The quantitative estimate of drug-likeness (QED) is 0.616. The fourth-order valence-electron chi connectivity index (χ4n) is 2.00. The van der Waals surface area contributed by atoms with Crippen molar-refractivity contribution in [1.82, 2.24) is 4.98 Å². The van der Waals surface area contributed by atoms with E-state index in [0.29, 0.717) is 21.3 Å². The Hall–Kier alpha value is -2.38. The van der Waals surface area contributed by atoms with E-state index in [2.05, 4.69) is 9.98 Å². The first-order valence-corrected chi connectivity index (χ1v) is 8.18. The molecule has 2 aromatic rings. The molecule has 8 heteroatoms. The molecule has 0 bridgehead atoms. The highest BCUT2D eigenvalue weighted by Crippen LogP contribution is 2.31. The number of nitrogens with zero attached hydrogens (tertiary/aromatic N) is 3. The van der Waals surface area contributed by atoms with Crippen LogP contribution in [0.15, 0.2) is 35.0 Å². The van der Waals surface area contributed by atoms with Crippen LogP contribution in [0.2, 0.25) is 5.15 Å². The van der Waals surface area contributed by atoms with Crippen LogP contribution in [-0.2, 0) is 9.53 Å². The molecule has 1 aliphatic rings. The van der Waals surface area contributed by atoms with Gasteiger partial charge in [0, 0.05) is 19.7 Å². The first kappa shape index (κ1) is 16.5. The van der Waals surface area contributed by atoms with Gasteiger partial charge in [0.25, 0.3) is 0 Å². The summed E-state index contributed by atoms with van der Waals surface area (Å²) in [5.41, 5.74) is 0.846. The lowest BCUT2D eigenvalue weighted by atomic mass is 10.2. The number of anilines is 1. The van der Waals surface area contributed by atoms with Crippen molar-refractivity contribution in [3.05, 3.63) is 45.6 Å². The van der Waals surface area contributed by atoms with Crippen LogP contribution < -0.4 is 9.64 Å². The number of benzene rings is 1. The summed E-state index contributed by atoms with van der Waals surface area (Å²) in [4.78, 5) is 23.1. The minimum Gasteiger partial charge on any atom is -0.497 e. The van der Waals surface area contributed by atoms with Gasteiger partial charge in [-0.1, -0.05) is 29.0 Å². The number of hydrogen-bond donors (Lipinski definition) is 0. The van der Waals surface area contributed by atoms with Crippen molar-refractivity contribution in [3.8, 4) is 5.75 Å². The van der Waals surface area contributed by atoms with Gasteiger partial charge in [0.15, 0.2) is 10.8 Å². The number of aromatic nitrogens is 1. The molecule has 124 valence electrons. The van der Waals surface area contributed by atoms with Crippen LogP contribution in [0.25, 0.3) is 6.08 Å². The maximum atomic E-state index is 12.1. The van der Waals surface area contributed by atoms with Gasteiger partial charge in [-0.3, -0.25) is 0 Å². The predicted molar refractivity (Wildman–Crippen MR) is 95.1 cm³/mol. The van der Waals surface area contributed by atoms with Crippen LogP contribution >= 0.6 is 22.9 Å². The second-order valence-corrected chi connectivity index (χ2v) is 6.48. The summed E-state index contributed by atoms with van der Waals surface area (Å²) in [5.74, 6) is 0.368. The molecule has 0 atom stereocenters. The van der Waals surface area contributed by atoms with Crippen molar-refractivity contribution >= 4 is 46.0 Å². The second-order valence-electron chi connectivity index (χ2n) is 5.11. The molecular weight excluding hydrogens is 350 g/mol. The number of carbonyl (C=O) groups is 1. The summed E-state index contributed by atoms with van der Waals surface area (Å²) in [6, 6.07) is 7.15. The van der Waals surface area contributed by atoms with E-state index in [0.717, 1.165) is 5.13 Å². The highest BCUT2D eigenvalue weighted by Gasteiger charge is 2.25. The van der Waals surface area contributed by atoms with Gasteiger partial charge < -0.3 is 14.4 Å². The number of esters is 1.